The molecular weight excluding hydrogens is 318 g/mol. The number of benzene rings is 1. The lowest BCUT2D eigenvalue weighted by Crippen LogP contribution is -2.31. The first-order valence-electron chi connectivity index (χ1n) is 7.14. The van der Waals surface area contributed by atoms with Crippen LogP contribution in [0.25, 0.3) is 0 Å². The number of aliphatic carboxylic acids is 1. The standard InChI is InChI=1S/C15H17N3O4S/c19-12(16-8-4-7-13(20)21)9-11-14(22)18-15(23-11)17-10-5-2-1-3-6-10/h1-3,5-6,11H,4,7-9H2,(H,16,19)(H,20,21)(H,17,18,22). The average molecular weight is 335 g/mol. The van der Waals surface area contributed by atoms with Crippen molar-refractivity contribution in [2.24, 2.45) is 4.99 Å². The fraction of sp³-hybridized carbons (Fsp3) is 0.333. The molecule has 122 valence electrons. The van der Waals surface area contributed by atoms with Gasteiger partial charge in [0.25, 0.3) is 0 Å². The third kappa shape index (κ3) is 5.74. The van der Waals surface area contributed by atoms with Crippen molar-refractivity contribution in [3.05, 3.63) is 30.3 Å². The van der Waals surface area contributed by atoms with E-state index in [1.54, 1.807) is 0 Å². The maximum absolute atomic E-state index is 11.9. The Morgan fingerprint density at radius 2 is 2.04 bits per heavy atom. The third-order valence-electron chi connectivity index (χ3n) is 3.02. The molecular formula is C15H17N3O4S. The number of hydrogen-bond acceptors (Lipinski definition) is 5. The summed E-state index contributed by atoms with van der Waals surface area (Å²) in [6, 6.07) is 9.22. The molecule has 1 aliphatic heterocycles. The van der Waals surface area contributed by atoms with Crippen LogP contribution in [0.4, 0.5) is 5.69 Å². The molecule has 0 bridgehead atoms. The summed E-state index contributed by atoms with van der Waals surface area (Å²) < 4.78 is 0. The second-order valence-corrected chi connectivity index (χ2v) is 6.09. The smallest absolute Gasteiger partial charge is 0.303 e. The number of carbonyl (C=O) groups excluding carboxylic acids is 2. The number of amidine groups is 1. The lowest BCUT2D eigenvalue weighted by molar-refractivity contribution is -0.137. The Morgan fingerprint density at radius 3 is 2.74 bits per heavy atom. The van der Waals surface area contributed by atoms with Gasteiger partial charge in [0, 0.05) is 19.4 Å². The van der Waals surface area contributed by atoms with Gasteiger partial charge in [-0.3, -0.25) is 14.4 Å². The summed E-state index contributed by atoms with van der Waals surface area (Å²) in [6.07, 6.45) is 0.413. The third-order valence-corrected chi connectivity index (χ3v) is 4.11. The maximum Gasteiger partial charge on any atom is 0.303 e. The van der Waals surface area contributed by atoms with E-state index in [0.717, 1.165) is 5.69 Å². The molecule has 2 rings (SSSR count). The summed E-state index contributed by atoms with van der Waals surface area (Å²) in [4.78, 5) is 38.3. The Labute approximate surface area is 137 Å². The van der Waals surface area contributed by atoms with E-state index < -0.39 is 11.2 Å². The summed E-state index contributed by atoms with van der Waals surface area (Å²) in [5.41, 5.74) is 0.731. The van der Waals surface area contributed by atoms with Gasteiger partial charge in [-0.25, -0.2) is 4.99 Å². The number of rotatable bonds is 7. The molecule has 1 aromatic rings. The van der Waals surface area contributed by atoms with Crippen LogP contribution in [0.5, 0.6) is 0 Å². The minimum Gasteiger partial charge on any atom is -0.481 e. The van der Waals surface area contributed by atoms with Crippen molar-refractivity contribution >= 4 is 40.4 Å². The molecule has 1 heterocycles. The number of nitrogens with zero attached hydrogens (tertiary/aromatic N) is 1. The highest BCUT2D eigenvalue weighted by atomic mass is 32.2. The Kier molecular flexibility index (Phi) is 6.16. The molecule has 1 aromatic carbocycles. The van der Waals surface area contributed by atoms with Crippen molar-refractivity contribution in [3.63, 3.8) is 0 Å². The van der Waals surface area contributed by atoms with Gasteiger partial charge in [0.05, 0.1) is 5.69 Å². The van der Waals surface area contributed by atoms with E-state index in [0.29, 0.717) is 11.6 Å². The number of thioether (sulfide) groups is 1. The average Bonchev–Trinajstić information content (AvgIpc) is 2.84. The van der Waals surface area contributed by atoms with Crippen LogP contribution in [0, 0.1) is 0 Å². The zero-order chi connectivity index (χ0) is 16.7. The topological polar surface area (TPSA) is 108 Å². The van der Waals surface area contributed by atoms with Crippen LogP contribution < -0.4 is 10.6 Å². The zero-order valence-corrected chi connectivity index (χ0v) is 13.1. The largest absolute Gasteiger partial charge is 0.481 e. The maximum atomic E-state index is 11.9. The van der Waals surface area contributed by atoms with Gasteiger partial charge >= 0.3 is 5.97 Å². The number of hydrogen-bond donors (Lipinski definition) is 3. The predicted molar refractivity (Wildman–Crippen MR) is 87.6 cm³/mol. The van der Waals surface area contributed by atoms with Gasteiger partial charge in [0.15, 0.2) is 5.17 Å². The van der Waals surface area contributed by atoms with Crippen molar-refractivity contribution in [1.82, 2.24) is 10.6 Å². The van der Waals surface area contributed by atoms with Crippen molar-refractivity contribution in [2.45, 2.75) is 24.5 Å². The number of nitrogens with one attached hydrogen (secondary N) is 2. The van der Waals surface area contributed by atoms with E-state index in [-0.39, 0.29) is 31.2 Å². The van der Waals surface area contributed by atoms with Crippen LogP contribution in [-0.2, 0) is 14.4 Å². The molecule has 3 N–H and O–H groups in total. The first-order chi connectivity index (χ1) is 11.0. The van der Waals surface area contributed by atoms with E-state index in [1.807, 2.05) is 30.3 Å². The highest BCUT2D eigenvalue weighted by Gasteiger charge is 2.31. The van der Waals surface area contributed by atoms with E-state index in [2.05, 4.69) is 15.6 Å². The van der Waals surface area contributed by atoms with E-state index in [9.17, 15) is 14.4 Å². The van der Waals surface area contributed by atoms with Gasteiger partial charge in [-0.1, -0.05) is 30.0 Å². The second kappa shape index (κ2) is 8.33. The van der Waals surface area contributed by atoms with Gasteiger partial charge in [0.1, 0.15) is 5.25 Å². The van der Waals surface area contributed by atoms with E-state index in [4.69, 9.17) is 5.11 Å². The second-order valence-electron chi connectivity index (χ2n) is 4.90. The Morgan fingerprint density at radius 1 is 1.30 bits per heavy atom. The van der Waals surface area contributed by atoms with Crippen LogP contribution in [0.15, 0.2) is 35.3 Å². The molecule has 0 aromatic heterocycles. The first-order valence-corrected chi connectivity index (χ1v) is 8.02. The van der Waals surface area contributed by atoms with Crippen LogP contribution in [-0.4, -0.2) is 39.9 Å². The van der Waals surface area contributed by atoms with Crippen LogP contribution >= 0.6 is 11.8 Å². The lowest BCUT2D eigenvalue weighted by Gasteiger charge is -2.06. The highest BCUT2D eigenvalue weighted by molar-refractivity contribution is 8.15. The molecule has 1 unspecified atom stereocenters. The first kappa shape index (κ1) is 17.0. The zero-order valence-electron chi connectivity index (χ0n) is 12.3. The molecule has 2 amide bonds. The minimum absolute atomic E-state index is 0.00677. The molecule has 0 spiro atoms. The van der Waals surface area contributed by atoms with Crippen LogP contribution in [0.3, 0.4) is 0 Å². The van der Waals surface area contributed by atoms with E-state index in [1.165, 1.54) is 11.8 Å². The van der Waals surface area contributed by atoms with E-state index >= 15 is 0 Å². The number of amides is 2. The molecule has 23 heavy (non-hydrogen) atoms. The quantitative estimate of drug-likeness (QED) is 0.651. The molecule has 8 heteroatoms. The Balaban J connectivity index is 1.80. The van der Waals surface area contributed by atoms with Gasteiger partial charge in [-0.05, 0) is 18.6 Å². The number of carboxylic acid groups (broad SMARTS) is 1. The molecule has 0 radical (unpaired) electrons. The van der Waals surface area contributed by atoms with Crippen molar-refractivity contribution in [3.8, 4) is 0 Å². The van der Waals surface area contributed by atoms with Crippen LogP contribution in [0.1, 0.15) is 19.3 Å². The fourth-order valence-electron chi connectivity index (χ4n) is 1.92. The Bertz CT molecular complexity index is 618. The van der Waals surface area contributed by atoms with Crippen LogP contribution in [0.2, 0.25) is 0 Å². The SMILES string of the molecule is O=C(O)CCCNC(=O)CC1SC(=Nc2ccccc2)NC1=O. The summed E-state index contributed by atoms with van der Waals surface area (Å²) in [5, 5.41) is 13.7. The molecule has 0 aliphatic carbocycles. The molecule has 1 fully saturated rings. The van der Waals surface area contributed by atoms with Gasteiger partial charge in [0.2, 0.25) is 11.8 Å². The Hall–Kier alpha value is -2.35. The van der Waals surface area contributed by atoms with Gasteiger partial charge in [-0.15, -0.1) is 0 Å². The van der Waals surface area contributed by atoms with Gasteiger partial charge < -0.3 is 15.7 Å². The number of carbonyl (C=O) groups is 3. The van der Waals surface area contributed by atoms with Crippen molar-refractivity contribution < 1.29 is 19.5 Å². The molecule has 0 saturated carbocycles. The molecule has 7 nitrogen and oxygen atoms in total. The molecule has 1 saturated heterocycles. The number of carboxylic acids is 1. The molecule has 1 aliphatic rings. The van der Waals surface area contributed by atoms with Crippen molar-refractivity contribution in [2.75, 3.05) is 6.54 Å². The predicted octanol–water partition coefficient (Wildman–Crippen LogP) is 1.28. The summed E-state index contributed by atoms with van der Waals surface area (Å²) >= 11 is 1.22. The fourth-order valence-corrected chi connectivity index (χ4v) is 2.91. The summed E-state index contributed by atoms with van der Waals surface area (Å²) in [7, 11) is 0. The number of para-hydroxylation sites is 1. The summed E-state index contributed by atoms with van der Waals surface area (Å²) in [5.74, 6) is -1.42. The van der Waals surface area contributed by atoms with Crippen molar-refractivity contribution in [1.29, 1.82) is 0 Å². The van der Waals surface area contributed by atoms with Gasteiger partial charge in [-0.2, -0.15) is 0 Å². The monoisotopic (exact) mass is 335 g/mol. The molecule has 1 atom stereocenters. The highest BCUT2D eigenvalue weighted by Crippen LogP contribution is 2.24. The normalized spacial score (nSPS) is 18.7. The number of aliphatic imine (C=N–C) groups is 1. The lowest BCUT2D eigenvalue weighted by atomic mass is 10.2. The summed E-state index contributed by atoms with van der Waals surface area (Å²) in [6.45, 7) is 0.287. The minimum atomic E-state index is -0.897.